The summed E-state index contributed by atoms with van der Waals surface area (Å²) in [7, 11) is 0. The molecule has 4 heterocycles. The van der Waals surface area contributed by atoms with E-state index in [4.69, 9.17) is 0 Å². The van der Waals surface area contributed by atoms with Gasteiger partial charge in [-0.25, -0.2) is 9.97 Å². The summed E-state index contributed by atoms with van der Waals surface area (Å²) in [6.45, 7) is 2.94. The number of fused-ring (bicyclic) bond motifs is 2. The molecule has 2 aromatic rings. The molecule has 2 saturated heterocycles. The molecular formula is C24H28F3N5O3S. The van der Waals surface area contributed by atoms with E-state index in [1.54, 1.807) is 4.90 Å². The Kier molecular flexibility index (Phi) is 6.22. The van der Waals surface area contributed by atoms with E-state index >= 15 is 0 Å². The van der Waals surface area contributed by atoms with Gasteiger partial charge in [0.1, 0.15) is 11.5 Å². The van der Waals surface area contributed by atoms with E-state index in [2.05, 4.69) is 20.6 Å². The molecule has 5 rings (SSSR count). The SMILES string of the molecule is CC(C)(O)CNC(=O)c1nc(C(=O)N2[C@H]3CC[C@@H]2CC3)c(-c2cnc(NC3CC3)cc2C(F)(F)F)s1. The van der Waals surface area contributed by atoms with Gasteiger partial charge in [0.2, 0.25) is 0 Å². The Morgan fingerprint density at radius 1 is 1.14 bits per heavy atom. The lowest BCUT2D eigenvalue weighted by atomic mass is 10.0. The second-order valence-electron chi connectivity index (χ2n) is 10.4. The first kappa shape index (κ1) is 24.9. The highest BCUT2D eigenvalue weighted by atomic mass is 32.1. The predicted octanol–water partition coefficient (Wildman–Crippen LogP) is 4.07. The van der Waals surface area contributed by atoms with Gasteiger partial charge >= 0.3 is 6.18 Å². The van der Waals surface area contributed by atoms with Gasteiger partial charge in [0.05, 0.1) is 16.0 Å². The zero-order valence-electron chi connectivity index (χ0n) is 20.0. The minimum Gasteiger partial charge on any atom is -0.389 e. The Morgan fingerprint density at radius 2 is 1.78 bits per heavy atom. The van der Waals surface area contributed by atoms with E-state index < -0.39 is 29.2 Å². The summed E-state index contributed by atoms with van der Waals surface area (Å²) in [6.07, 6.45) is 1.56. The molecule has 2 amide bonds. The van der Waals surface area contributed by atoms with E-state index in [0.717, 1.165) is 62.1 Å². The van der Waals surface area contributed by atoms with Crippen LogP contribution in [0.1, 0.15) is 78.2 Å². The number of alkyl halides is 3. The zero-order chi connectivity index (χ0) is 25.8. The number of hydrogen-bond donors (Lipinski definition) is 3. The lowest BCUT2D eigenvalue weighted by Gasteiger charge is -2.22. The van der Waals surface area contributed by atoms with Crippen LogP contribution in [0.15, 0.2) is 12.3 Å². The van der Waals surface area contributed by atoms with E-state index in [0.29, 0.717) is 0 Å². The fourth-order valence-electron chi connectivity index (χ4n) is 4.87. The molecule has 0 radical (unpaired) electrons. The van der Waals surface area contributed by atoms with Crippen LogP contribution in [0, 0.1) is 0 Å². The molecule has 194 valence electrons. The van der Waals surface area contributed by atoms with Crippen LogP contribution in [0.5, 0.6) is 0 Å². The Morgan fingerprint density at radius 3 is 2.33 bits per heavy atom. The largest absolute Gasteiger partial charge is 0.417 e. The Balaban J connectivity index is 1.57. The molecule has 3 N–H and O–H groups in total. The Bertz CT molecular complexity index is 1170. The van der Waals surface area contributed by atoms with Crippen LogP contribution in [0.4, 0.5) is 19.0 Å². The average molecular weight is 524 g/mol. The van der Waals surface area contributed by atoms with Gasteiger partial charge in [0.25, 0.3) is 11.8 Å². The normalized spacial score (nSPS) is 21.7. The van der Waals surface area contributed by atoms with Crippen molar-refractivity contribution in [1.82, 2.24) is 20.2 Å². The highest BCUT2D eigenvalue weighted by molar-refractivity contribution is 7.17. The predicted molar refractivity (Wildman–Crippen MR) is 128 cm³/mol. The first-order valence-electron chi connectivity index (χ1n) is 12.1. The van der Waals surface area contributed by atoms with Crippen molar-refractivity contribution in [3.63, 3.8) is 0 Å². The number of hydrogen-bond acceptors (Lipinski definition) is 7. The number of nitrogens with zero attached hydrogens (tertiary/aromatic N) is 3. The number of aliphatic hydroxyl groups is 1. The van der Waals surface area contributed by atoms with Crippen molar-refractivity contribution in [2.75, 3.05) is 11.9 Å². The number of halogens is 3. The average Bonchev–Trinajstić information content (AvgIpc) is 3.21. The minimum atomic E-state index is -4.71. The lowest BCUT2D eigenvalue weighted by Crippen LogP contribution is -2.38. The fourth-order valence-corrected chi connectivity index (χ4v) is 5.87. The summed E-state index contributed by atoms with van der Waals surface area (Å²) in [5, 5.41) is 15.3. The van der Waals surface area contributed by atoms with Crippen molar-refractivity contribution in [1.29, 1.82) is 0 Å². The summed E-state index contributed by atoms with van der Waals surface area (Å²) in [5.41, 5.74) is -2.58. The second kappa shape index (κ2) is 8.98. The molecule has 0 atom stereocenters. The standard InChI is InChI=1S/C24H28F3N5O3S/c1-23(2,35)11-29-20(33)21-31-18(22(34)32-13-5-6-14(32)8-7-13)19(36-21)15-10-28-17(30-12-3-4-12)9-16(15)24(25,26)27/h9-10,12-14,35H,3-8,11H2,1-2H3,(H,28,30)(H,29,33)/t13-,14+. The van der Waals surface area contributed by atoms with Gasteiger partial charge in [0, 0.05) is 36.4 Å². The summed E-state index contributed by atoms with van der Waals surface area (Å²) in [5.74, 6) is -1.01. The molecule has 8 nitrogen and oxygen atoms in total. The van der Waals surface area contributed by atoms with Crippen LogP contribution in [-0.4, -0.2) is 62.1 Å². The highest BCUT2D eigenvalue weighted by Crippen LogP contribution is 2.44. The first-order chi connectivity index (χ1) is 16.9. The van der Waals surface area contributed by atoms with Crippen molar-refractivity contribution in [2.24, 2.45) is 0 Å². The fraction of sp³-hybridized carbons (Fsp3) is 0.583. The van der Waals surface area contributed by atoms with Gasteiger partial charge in [-0.1, -0.05) is 0 Å². The Hall–Kier alpha value is -2.73. The van der Waals surface area contributed by atoms with Crippen LogP contribution < -0.4 is 10.6 Å². The van der Waals surface area contributed by atoms with Crippen molar-refractivity contribution in [3.8, 4) is 10.4 Å². The first-order valence-corrected chi connectivity index (χ1v) is 12.9. The molecule has 0 unspecified atom stereocenters. The van der Waals surface area contributed by atoms with Gasteiger partial charge in [-0.3, -0.25) is 9.59 Å². The maximum Gasteiger partial charge on any atom is 0.417 e. The topological polar surface area (TPSA) is 107 Å². The Labute approximate surface area is 210 Å². The molecule has 2 bridgehead atoms. The van der Waals surface area contributed by atoms with Crippen molar-refractivity contribution >= 4 is 29.0 Å². The maximum atomic E-state index is 14.2. The molecular weight excluding hydrogens is 495 g/mol. The number of carbonyl (C=O) groups excluding carboxylic acids is 2. The van der Waals surface area contributed by atoms with Crippen molar-refractivity contribution in [3.05, 3.63) is 28.5 Å². The van der Waals surface area contributed by atoms with Crippen LogP contribution in [0.2, 0.25) is 0 Å². The minimum absolute atomic E-state index is 0.0301. The molecule has 12 heteroatoms. The number of thiazole rings is 1. The lowest BCUT2D eigenvalue weighted by molar-refractivity contribution is -0.137. The monoisotopic (exact) mass is 523 g/mol. The number of anilines is 1. The van der Waals surface area contributed by atoms with Gasteiger partial charge in [0.15, 0.2) is 5.01 Å². The van der Waals surface area contributed by atoms with E-state index in [9.17, 15) is 27.9 Å². The summed E-state index contributed by atoms with van der Waals surface area (Å²) < 4.78 is 42.5. The van der Waals surface area contributed by atoms with Crippen molar-refractivity contribution in [2.45, 2.75) is 82.3 Å². The van der Waals surface area contributed by atoms with E-state index in [1.165, 1.54) is 13.8 Å². The molecule has 2 aromatic heterocycles. The molecule has 3 aliphatic rings. The molecule has 1 aliphatic carbocycles. The molecule has 36 heavy (non-hydrogen) atoms. The quantitative estimate of drug-likeness (QED) is 0.505. The maximum absolute atomic E-state index is 14.2. The van der Waals surface area contributed by atoms with E-state index in [1.807, 2.05) is 0 Å². The van der Waals surface area contributed by atoms with Crippen LogP contribution in [0.25, 0.3) is 10.4 Å². The van der Waals surface area contributed by atoms with Crippen LogP contribution in [0.3, 0.4) is 0 Å². The number of nitrogens with one attached hydrogen (secondary N) is 2. The third kappa shape index (κ3) is 5.06. The summed E-state index contributed by atoms with van der Waals surface area (Å²) in [4.78, 5) is 36.5. The van der Waals surface area contributed by atoms with Gasteiger partial charge < -0.3 is 20.6 Å². The van der Waals surface area contributed by atoms with Gasteiger partial charge in [-0.2, -0.15) is 13.2 Å². The molecule has 1 saturated carbocycles. The molecule has 0 aromatic carbocycles. The van der Waals surface area contributed by atoms with Crippen LogP contribution >= 0.6 is 11.3 Å². The number of amides is 2. The smallest absolute Gasteiger partial charge is 0.389 e. The number of rotatable bonds is 7. The van der Waals surface area contributed by atoms with Crippen molar-refractivity contribution < 1.29 is 27.9 Å². The van der Waals surface area contributed by atoms with Crippen LogP contribution in [-0.2, 0) is 6.18 Å². The molecule has 2 aliphatic heterocycles. The molecule has 0 spiro atoms. The third-order valence-corrected chi connectivity index (χ3v) is 7.86. The van der Waals surface area contributed by atoms with Gasteiger partial charge in [-0.05, 0) is 58.4 Å². The second-order valence-corrected chi connectivity index (χ2v) is 11.4. The summed E-state index contributed by atoms with van der Waals surface area (Å²) in [6, 6.07) is 1.14. The van der Waals surface area contributed by atoms with Gasteiger partial charge in [-0.15, -0.1) is 11.3 Å². The molecule has 3 fully saturated rings. The zero-order valence-corrected chi connectivity index (χ0v) is 20.8. The highest BCUT2D eigenvalue weighted by Gasteiger charge is 2.45. The third-order valence-electron chi connectivity index (χ3n) is 6.78. The van der Waals surface area contributed by atoms with E-state index in [-0.39, 0.29) is 51.6 Å². The number of pyridine rings is 1. The summed E-state index contributed by atoms with van der Waals surface area (Å²) >= 11 is 0.731. The number of carbonyl (C=O) groups is 2. The number of aromatic nitrogens is 2.